The van der Waals surface area contributed by atoms with Crippen LogP contribution in [0.1, 0.15) is 11.3 Å². The van der Waals surface area contributed by atoms with Crippen molar-refractivity contribution in [1.29, 1.82) is 0 Å². The highest BCUT2D eigenvalue weighted by molar-refractivity contribution is 9.10. The summed E-state index contributed by atoms with van der Waals surface area (Å²) in [5, 5.41) is 3.37. The van der Waals surface area contributed by atoms with Gasteiger partial charge in [-0.05, 0) is 28.9 Å². The number of fused-ring (bicyclic) bond motifs is 1. The molecule has 0 fully saturated rings. The van der Waals surface area contributed by atoms with Crippen LogP contribution in [-0.4, -0.2) is 16.1 Å². The van der Waals surface area contributed by atoms with Crippen LogP contribution in [0, 0.1) is 6.92 Å². The van der Waals surface area contributed by atoms with Gasteiger partial charge in [-0.25, -0.2) is 4.98 Å². The van der Waals surface area contributed by atoms with Crippen LogP contribution in [0.4, 0.5) is 0 Å². The minimum atomic E-state index is 0.888. The Hall–Kier alpha value is -1.13. The lowest BCUT2D eigenvalue weighted by atomic mass is 10.1. The minimum absolute atomic E-state index is 0.888. The van der Waals surface area contributed by atoms with Crippen molar-refractivity contribution in [2.75, 3.05) is 6.54 Å². The van der Waals surface area contributed by atoms with Crippen LogP contribution in [0.2, 0.25) is 0 Å². The van der Waals surface area contributed by atoms with Crippen LogP contribution in [0.25, 0.3) is 11.4 Å². The number of nitrogens with one attached hydrogen (secondary N) is 1. The molecule has 17 heavy (non-hydrogen) atoms. The highest BCUT2D eigenvalue weighted by atomic mass is 79.9. The maximum Gasteiger partial charge on any atom is 0.141 e. The summed E-state index contributed by atoms with van der Waals surface area (Å²) in [5.74, 6) is 1.07. The van der Waals surface area contributed by atoms with Crippen molar-refractivity contribution in [3.05, 3.63) is 40.1 Å². The lowest BCUT2D eigenvalue weighted by molar-refractivity contribution is 0.518. The summed E-state index contributed by atoms with van der Waals surface area (Å²) in [6, 6.07) is 8.50. The van der Waals surface area contributed by atoms with Crippen LogP contribution in [0.15, 0.2) is 28.9 Å². The normalized spacial score (nSPS) is 14.7. The Kier molecular flexibility index (Phi) is 2.76. The highest BCUT2D eigenvalue weighted by Crippen LogP contribution is 2.27. The monoisotopic (exact) mass is 291 g/mol. The Bertz CT molecular complexity index is 560. The second-order valence-electron chi connectivity index (χ2n) is 4.37. The first kappa shape index (κ1) is 11.0. The van der Waals surface area contributed by atoms with Gasteiger partial charge in [0, 0.05) is 25.2 Å². The zero-order chi connectivity index (χ0) is 11.8. The zero-order valence-electron chi connectivity index (χ0n) is 9.70. The van der Waals surface area contributed by atoms with Crippen molar-refractivity contribution in [2.24, 2.45) is 0 Å². The molecule has 2 heterocycles. The molecule has 3 rings (SSSR count). The van der Waals surface area contributed by atoms with Crippen LogP contribution < -0.4 is 5.32 Å². The molecule has 0 spiro atoms. The molecule has 88 valence electrons. The third-order valence-corrected chi connectivity index (χ3v) is 3.74. The fraction of sp³-hybridized carbons (Fsp3) is 0.308. The van der Waals surface area contributed by atoms with Gasteiger partial charge in [0.05, 0.1) is 5.69 Å². The first-order valence-corrected chi connectivity index (χ1v) is 6.57. The molecule has 3 nitrogen and oxygen atoms in total. The van der Waals surface area contributed by atoms with Crippen LogP contribution >= 0.6 is 15.9 Å². The number of aromatic nitrogens is 2. The van der Waals surface area contributed by atoms with E-state index in [4.69, 9.17) is 0 Å². The van der Waals surface area contributed by atoms with E-state index in [1.807, 2.05) is 0 Å². The SMILES string of the molecule is Cc1cccc(-c2nc(Br)c3n2CCNC3)c1. The number of imidazole rings is 1. The molecule has 0 atom stereocenters. The van der Waals surface area contributed by atoms with Crippen molar-refractivity contribution < 1.29 is 0 Å². The standard InChI is InChI=1S/C13H14BrN3/c1-9-3-2-4-10(7-9)13-16-12(14)11-8-15-5-6-17(11)13/h2-4,7,15H,5-6,8H2,1H3. The highest BCUT2D eigenvalue weighted by Gasteiger charge is 2.18. The van der Waals surface area contributed by atoms with Crippen LogP contribution in [0.3, 0.4) is 0 Å². The maximum atomic E-state index is 4.64. The molecule has 1 aliphatic rings. The van der Waals surface area contributed by atoms with Gasteiger partial charge in [-0.1, -0.05) is 23.8 Å². The van der Waals surface area contributed by atoms with Gasteiger partial charge in [-0.3, -0.25) is 0 Å². The molecule has 1 N–H and O–H groups in total. The summed E-state index contributed by atoms with van der Waals surface area (Å²) in [6.45, 7) is 4.99. The Labute approximate surface area is 109 Å². The molecule has 0 saturated carbocycles. The molecule has 2 aromatic rings. The molecule has 0 amide bonds. The van der Waals surface area contributed by atoms with E-state index in [1.165, 1.54) is 16.8 Å². The number of nitrogens with zero attached hydrogens (tertiary/aromatic N) is 2. The first-order chi connectivity index (χ1) is 8.25. The van der Waals surface area contributed by atoms with Gasteiger partial charge in [-0.2, -0.15) is 0 Å². The molecule has 0 saturated heterocycles. The van der Waals surface area contributed by atoms with Crippen molar-refractivity contribution in [3.63, 3.8) is 0 Å². The summed E-state index contributed by atoms with van der Waals surface area (Å²) < 4.78 is 3.26. The molecule has 0 bridgehead atoms. The summed E-state index contributed by atoms with van der Waals surface area (Å²) in [5.41, 5.74) is 3.71. The van der Waals surface area contributed by atoms with Crippen molar-refractivity contribution >= 4 is 15.9 Å². The maximum absolute atomic E-state index is 4.64. The van der Waals surface area contributed by atoms with Gasteiger partial charge in [0.1, 0.15) is 10.4 Å². The van der Waals surface area contributed by atoms with E-state index in [0.717, 1.165) is 30.1 Å². The van der Waals surface area contributed by atoms with E-state index in [9.17, 15) is 0 Å². The molecule has 0 radical (unpaired) electrons. The Morgan fingerprint density at radius 1 is 1.41 bits per heavy atom. The Morgan fingerprint density at radius 3 is 3.12 bits per heavy atom. The predicted molar refractivity (Wildman–Crippen MR) is 71.8 cm³/mol. The molecular weight excluding hydrogens is 278 g/mol. The fourth-order valence-corrected chi connectivity index (χ4v) is 2.79. The van der Waals surface area contributed by atoms with E-state index >= 15 is 0 Å². The third kappa shape index (κ3) is 1.91. The van der Waals surface area contributed by atoms with Gasteiger partial charge in [-0.15, -0.1) is 0 Å². The Balaban J connectivity index is 2.15. The van der Waals surface area contributed by atoms with Crippen LogP contribution in [-0.2, 0) is 13.1 Å². The van der Waals surface area contributed by atoms with E-state index in [0.29, 0.717) is 0 Å². The summed E-state index contributed by atoms with van der Waals surface area (Å²) >= 11 is 3.55. The number of benzene rings is 1. The smallest absolute Gasteiger partial charge is 0.141 e. The van der Waals surface area contributed by atoms with Gasteiger partial charge in [0.15, 0.2) is 0 Å². The van der Waals surface area contributed by atoms with Gasteiger partial charge >= 0.3 is 0 Å². The second kappa shape index (κ2) is 4.27. The third-order valence-electron chi connectivity index (χ3n) is 3.10. The largest absolute Gasteiger partial charge is 0.325 e. The molecule has 4 heteroatoms. The minimum Gasteiger partial charge on any atom is -0.325 e. The Morgan fingerprint density at radius 2 is 2.29 bits per heavy atom. The van der Waals surface area contributed by atoms with Crippen molar-refractivity contribution in [1.82, 2.24) is 14.9 Å². The molecule has 0 unspecified atom stereocenters. The van der Waals surface area contributed by atoms with Gasteiger partial charge in [0.2, 0.25) is 0 Å². The lowest BCUT2D eigenvalue weighted by Crippen LogP contribution is -2.28. The predicted octanol–water partition coefficient (Wildman–Crippen LogP) is 2.72. The molecule has 1 aromatic heterocycles. The van der Waals surface area contributed by atoms with E-state index in [1.54, 1.807) is 0 Å². The second-order valence-corrected chi connectivity index (χ2v) is 5.12. The van der Waals surface area contributed by atoms with Gasteiger partial charge in [0.25, 0.3) is 0 Å². The number of hydrogen-bond donors (Lipinski definition) is 1. The van der Waals surface area contributed by atoms with Gasteiger partial charge < -0.3 is 9.88 Å². The van der Waals surface area contributed by atoms with Crippen LogP contribution in [0.5, 0.6) is 0 Å². The molecule has 1 aliphatic heterocycles. The number of rotatable bonds is 1. The first-order valence-electron chi connectivity index (χ1n) is 5.78. The molecule has 0 aliphatic carbocycles. The van der Waals surface area contributed by atoms with Crippen molar-refractivity contribution in [2.45, 2.75) is 20.0 Å². The lowest BCUT2D eigenvalue weighted by Gasteiger charge is -2.18. The molecule has 1 aromatic carbocycles. The molecular formula is C13H14BrN3. The number of aryl methyl sites for hydroxylation is 1. The quantitative estimate of drug-likeness (QED) is 0.876. The zero-order valence-corrected chi connectivity index (χ0v) is 11.3. The number of halogens is 1. The van der Waals surface area contributed by atoms with E-state index < -0.39 is 0 Å². The fourth-order valence-electron chi connectivity index (χ4n) is 2.27. The van der Waals surface area contributed by atoms with E-state index in [2.05, 4.69) is 62.0 Å². The summed E-state index contributed by atoms with van der Waals surface area (Å²) in [4.78, 5) is 4.64. The van der Waals surface area contributed by atoms with Crippen molar-refractivity contribution in [3.8, 4) is 11.4 Å². The topological polar surface area (TPSA) is 29.9 Å². The average Bonchev–Trinajstić information content (AvgIpc) is 2.68. The average molecular weight is 292 g/mol. The number of hydrogen-bond acceptors (Lipinski definition) is 2. The summed E-state index contributed by atoms with van der Waals surface area (Å²) in [6.07, 6.45) is 0. The van der Waals surface area contributed by atoms with E-state index in [-0.39, 0.29) is 0 Å². The summed E-state index contributed by atoms with van der Waals surface area (Å²) in [7, 11) is 0.